The topological polar surface area (TPSA) is 119 Å². The Morgan fingerprint density at radius 3 is 2.07 bits per heavy atom. The molecule has 2 heterocycles. The van der Waals surface area contributed by atoms with Crippen molar-refractivity contribution in [2.45, 2.75) is 35.4 Å². The lowest BCUT2D eigenvalue weighted by molar-refractivity contribution is -0.259. The zero-order valence-corrected chi connectivity index (χ0v) is 16.7. The number of nitrogens with two attached hydrogens (primary N) is 1. The monoisotopic (exact) mass is 438 g/mol. The van der Waals surface area contributed by atoms with Gasteiger partial charge in [0.2, 0.25) is 9.84 Å². The highest BCUT2D eigenvalue weighted by atomic mass is 32.2. The van der Waals surface area contributed by atoms with Gasteiger partial charge in [0.1, 0.15) is 5.82 Å². The van der Waals surface area contributed by atoms with Gasteiger partial charge in [-0.25, -0.2) is 23.4 Å². The molecule has 0 aliphatic rings. The second-order valence-electron chi connectivity index (χ2n) is 6.76. The molecule has 0 radical (unpaired) electrons. The number of sulfone groups is 1. The summed E-state index contributed by atoms with van der Waals surface area (Å²) < 4.78 is 64.3. The van der Waals surface area contributed by atoms with E-state index in [9.17, 15) is 26.7 Å². The van der Waals surface area contributed by atoms with Gasteiger partial charge in [-0.3, -0.25) is 0 Å². The number of halogens is 3. The molecular formula is C19H17F3N4O3S. The predicted octanol–water partition coefficient (Wildman–Crippen LogP) is 3.03. The molecule has 0 bridgehead atoms. The largest absolute Gasteiger partial charge is 0.421 e. The first kappa shape index (κ1) is 21.7. The van der Waals surface area contributed by atoms with Crippen LogP contribution in [0.1, 0.15) is 18.1 Å². The fourth-order valence-electron chi connectivity index (χ4n) is 2.62. The lowest BCUT2D eigenvalue weighted by atomic mass is 9.98. The van der Waals surface area contributed by atoms with Crippen molar-refractivity contribution in [2.24, 2.45) is 0 Å². The van der Waals surface area contributed by atoms with Crippen LogP contribution in [-0.4, -0.2) is 34.7 Å². The average molecular weight is 438 g/mol. The number of hydrogen-bond acceptors (Lipinski definition) is 7. The lowest BCUT2D eigenvalue weighted by Gasteiger charge is -2.25. The van der Waals surface area contributed by atoms with Crippen molar-refractivity contribution in [1.29, 1.82) is 0 Å². The van der Waals surface area contributed by atoms with Gasteiger partial charge in [0.05, 0.1) is 9.79 Å². The molecule has 0 fully saturated rings. The number of hydrogen-bond donors (Lipinski definition) is 2. The number of aromatic nitrogens is 3. The fraction of sp³-hybridized carbons (Fsp3) is 0.211. The van der Waals surface area contributed by atoms with Gasteiger partial charge < -0.3 is 10.8 Å². The molecular weight excluding hydrogens is 421 g/mol. The Hall–Kier alpha value is -3.05. The van der Waals surface area contributed by atoms with Crippen molar-refractivity contribution in [3.05, 3.63) is 60.0 Å². The molecule has 2 aromatic heterocycles. The van der Waals surface area contributed by atoms with Crippen LogP contribution in [0.25, 0.3) is 11.4 Å². The van der Waals surface area contributed by atoms with Gasteiger partial charge in [0, 0.05) is 29.7 Å². The van der Waals surface area contributed by atoms with Crippen LogP contribution in [0.4, 0.5) is 19.0 Å². The Labute approximate surface area is 170 Å². The SMILES string of the molecule is Cc1cc(S(=O)(=O)c2ccc(N)nc2)ccc1-c1ncc(C(C)(O)C(F)(F)F)cn1. The Kier molecular flexibility index (Phi) is 5.29. The van der Waals surface area contributed by atoms with E-state index in [1.165, 1.54) is 30.3 Å². The molecule has 30 heavy (non-hydrogen) atoms. The number of aryl methyl sites for hydroxylation is 1. The highest BCUT2D eigenvalue weighted by Crippen LogP contribution is 2.38. The van der Waals surface area contributed by atoms with Crippen LogP contribution in [0.2, 0.25) is 0 Å². The first-order valence-corrected chi connectivity index (χ1v) is 10.0. The first-order chi connectivity index (χ1) is 13.8. The van der Waals surface area contributed by atoms with Crippen LogP contribution >= 0.6 is 0 Å². The maximum Gasteiger partial charge on any atom is 0.421 e. The summed E-state index contributed by atoms with van der Waals surface area (Å²) in [6.07, 6.45) is -1.96. The highest BCUT2D eigenvalue weighted by molar-refractivity contribution is 7.91. The number of nitrogen functional groups attached to an aromatic ring is 1. The third-order valence-electron chi connectivity index (χ3n) is 4.58. The molecule has 3 rings (SSSR count). The van der Waals surface area contributed by atoms with Gasteiger partial charge in [-0.05, 0) is 49.7 Å². The Bertz CT molecular complexity index is 1180. The second-order valence-corrected chi connectivity index (χ2v) is 8.71. The molecule has 3 aromatic rings. The molecule has 158 valence electrons. The Balaban J connectivity index is 1.95. The van der Waals surface area contributed by atoms with Crippen molar-refractivity contribution in [2.75, 3.05) is 5.73 Å². The average Bonchev–Trinajstić information content (AvgIpc) is 2.67. The third kappa shape index (κ3) is 3.85. The molecule has 0 saturated heterocycles. The molecule has 0 aliphatic heterocycles. The van der Waals surface area contributed by atoms with Gasteiger partial charge in [0.15, 0.2) is 11.4 Å². The van der Waals surface area contributed by atoms with Crippen molar-refractivity contribution in [3.8, 4) is 11.4 Å². The Morgan fingerprint density at radius 2 is 1.57 bits per heavy atom. The normalized spacial score (nSPS) is 14.3. The maximum absolute atomic E-state index is 13.0. The van der Waals surface area contributed by atoms with Gasteiger partial charge in [0.25, 0.3) is 0 Å². The quantitative estimate of drug-likeness (QED) is 0.643. The number of anilines is 1. The van der Waals surface area contributed by atoms with E-state index in [0.29, 0.717) is 18.1 Å². The van der Waals surface area contributed by atoms with Gasteiger partial charge in [-0.1, -0.05) is 0 Å². The van der Waals surface area contributed by atoms with Crippen LogP contribution in [0.15, 0.2) is 58.7 Å². The van der Waals surface area contributed by atoms with Gasteiger partial charge >= 0.3 is 6.18 Å². The second kappa shape index (κ2) is 7.33. The van der Waals surface area contributed by atoms with E-state index < -0.39 is 27.2 Å². The van der Waals surface area contributed by atoms with Gasteiger partial charge in [-0.2, -0.15) is 13.2 Å². The maximum atomic E-state index is 13.0. The van der Waals surface area contributed by atoms with E-state index in [0.717, 1.165) is 18.6 Å². The minimum atomic E-state index is -4.89. The third-order valence-corrected chi connectivity index (χ3v) is 6.32. The van der Waals surface area contributed by atoms with Gasteiger partial charge in [-0.15, -0.1) is 0 Å². The number of nitrogens with zero attached hydrogens (tertiary/aromatic N) is 3. The van der Waals surface area contributed by atoms with Crippen molar-refractivity contribution >= 4 is 15.7 Å². The molecule has 7 nitrogen and oxygen atoms in total. The summed E-state index contributed by atoms with van der Waals surface area (Å²) in [5, 5.41) is 9.71. The number of benzene rings is 1. The van der Waals surface area contributed by atoms with Crippen molar-refractivity contribution < 1.29 is 26.7 Å². The van der Waals surface area contributed by atoms with Crippen LogP contribution < -0.4 is 5.73 Å². The van der Waals surface area contributed by atoms with Crippen LogP contribution in [0.5, 0.6) is 0 Å². The van der Waals surface area contributed by atoms with Crippen LogP contribution in [0, 0.1) is 6.92 Å². The molecule has 11 heteroatoms. The summed E-state index contributed by atoms with van der Waals surface area (Å²) in [6.45, 7) is 2.24. The molecule has 3 N–H and O–H groups in total. The smallest absolute Gasteiger partial charge is 0.384 e. The molecule has 0 saturated carbocycles. The molecule has 0 amide bonds. The predicted molar refractivity (Wildman–Crippen MR) is 102 cm³/mol. The molecule has 1 unspecified atom stereocenters. The number of rotatable bonds is 4. The summed E-state index contributed by atoms with van der Waals surface area (Å²) in [7, 11) is -3.84. The zero-order valence-electron chi connectivity index (χ0n) is 15.8. The molecule has 0 spiro atoms. The lowest BCUT2D eigenvalue weighted by Crippen LogP contribution is -2.39. The highest BCUT2D eigenvalue weighted by Gasteiger charge is 2.51. The molecule has 1 aromatic carbocycles. The summed E-state index contributed by atoms with van der Waals surface area (Å²) >= 11 is 0. The summed E-state index contributed by atoms with van der Waals surface area (Å²) in [4.78, 5) is 11.6. The fourth-order valence-corrected chi connectivity index (χ4v) is 3.91. The van der Waals surface area contributed by atoms with E-state index >= 15 is 0 Å². The summed E-state index contributed by atoms with van der Waals surface area (Å²) in [6, 6.07) is 6.93. The zero-order chi connectivity index (χ0) is 22.3. The number of aliphatic hydroxyl groups is 1. The minimum absolute atomic E-state index is 0.00643. The van der Waals surface area contributed by atoms with E-state index in [-0.39, 0.29) is 21.4 Å². The molecule has 1 atom stereocenters. The Morgan fingerprint density at radius 1 is 0.967 bits per heavy atom. The van der Waals surface area contributed by atoms with Crippen molar-refractivity contribution in [3.63, 3.8) is 0 Å². The van der Waals surface area contributed by atoms with E-state index in [2.05, 4.69) is 15.0 Å². The summed E-state index contributed by atoms with van der Waals surface area (Å²) in [5.41, 5.74) is 2.81. The van der Waals surface area contributed by atoms with Crippen LogP contribution in [-0.2, 0) is 15.4 Å². The van der Waals surface area contributed by atoms with E-state index in [4.69, 9.17) is 5.73 Å². The molecule has 0 aliphatic carbocycles. The van der Waals surface area contributed by atoms with E-state index in [1.54, 1.807) is 6.92 Å². The standard InChI is InChI=1S/C19H17F3N4O3S/c1-11-7-13(30(28,29)14-4-6-16(23)24-10-14)3-5-15(11)17-25-8-12(9-26-17)18(2,27)19(20,21)22/h3-10,27H,1-2H3,(H2,23,24). The van der Waals surface area contributed by atoms with Crippen molar-refractivity contribution in [1.82, 2.24) is 15.0 Å². The number of alkyl halides is 3. The van der Waals surface area contributed by atoms with Crippen LogP contribution in [0.3, 0.4) is 0 Å². The number of pyridine rings is 1. The minimum Gasteiger partial charge on any atom is -0.384 e. The summed E-state index contributed by atoms with van der Waals surface area (Å²) in [5.74, 6) is 0.276. The first-order valence-electron chi connectivity index (χ1n) is 8.53. The van der Waals surface area contributed by atoms with E-state index in [1.807, 2.05) is 0 Å².